The average Bonchev–Trinajstić information content (AvgIpc) is 2.60. The van der Waals surface area contributed by atoms with Crippen molar-refractivity contribution in [3.8, 4) is 0 Å². The maximum Gasteiger partial charge on any atom is 0.306 e. The molecule has 0 radical (unpaired) electrons. The Morgan fingerprint density at radius 2 is 1.52 bits per heavy atom. The Balaban J connectivity index is 1.97. The van der Waals surface area contributed by atoms with Gasteiger partial charge in [-0.2, -0.15) is 0 Å². The maximum atomic E-state index is 12.5. The van der Waals surface area contributed by atoms with Crippen LogP contribution in [0, 0.1) is 5.41 Å². The molecule has 2 rings (SSSR count). The first kappa shape index (κ1) is 20.2. The molecule has 142 valence electrons. The predicted octanol–water partition coefficient (Wildman–Crippen LogP) is 3.86. The van der Waals surface area contributed by atoms with Crippen LogP contribution in [-0.4, -0.2) is 24.4 Å². The van der Waals surface area contributed by atoms with E-state index in [0.717, 1.165) is 0 Å². The summed E-state index contributed by atoms with van der Waals surface area (Å²) in [5, 5.41) is 5.39. The molecule has 2 aromatic carbocycles. The van der Waals surface area contributed by atoms with E-state index in [1.165, 1.54) is 0 Å². The average molecular weight is 368 g/mol. The molecule has 2 N–H and O–H groups in total. The van der Waals surface area contributed by atoms with Gasteiger partial charge in [-0.05, 0) is 29.7 Å². The van der Waals surface area contributed by atoms with Crippen molar-refractivity contribution in [3.63, 3.8) is 0 Å². The van der Waals surface area contributed by atoms with E-state index in [4.69, 9.17) is 4.74 Å². The molecule has 0 unspecified atom stereocenters. The summed E-state index contributed by atoms with van der Waals surface area (Å²) >= 11 is 0. The van der Waals surface area contributed by atoms with Crippen LogP contribution in [0.15, 0.2) is 54.6 Å². The van der Waals surface area contributed by atoms with Gasteiger partial charge in [0.1, 0.15) is 0 Å². The fraction of sp³-hybridized carbons (Fsp3) is 0.286. The van der Waals surface area contributed by atoms with Gasteiger partial charge in [0.2, 0.25) is 0 Å². The number of carbonyl (C=O) groups is 3. The van der Waals surface area contributed by atoms with Crippen molar-refractivity contribution in [3.05, 3.63) is 60.2 Å². The zero-order chi connectivity index (χ0) is 19.9. The minimum Gasteiger partial charge on any atom is -0.456 e. The van der Waals surface area contributed by atoms with E-state index in [1.807, 2.05) is 39.0 Å². The quantitative estimate of drug-likeness (QED) is 0.759. The van der Waals surface area contributed by atoms with Crippen molar-refractivity contribution in [1.82, 2.24) is 0 Å². The number of carbonyl (C=O) groups excluding carboxylic acids is 3. The minimum absolute atomic E-state index is 0.213. The van der Waals surface area contributed by atoms with Crippen LogP contribution >= 0.6 is 0 Å². The number of esters is 1. The second-order valence-corrected chi connectivity index (χ2v) is 7.31. The van der Waals surface area contributed by atoms with Gasteiger partial charge in [0.25, 0.3) is 11.8 Å². The number of para-hydroxylation sites is 2. The van der Waals surface area contributed by atoms with Gasteiger partial charge in [-0.15, -0.1) is 0 Å². The predicted molar refractivity (Wildman–Crippen MR) is 104 cm³/mol. The summed E-state index contributed by atoms with van der Waals surface area (Å²) in [6.07, 6.45) is 0.219. The molecule has 0 spiro atoms. The third-order valence-electron chi connectivity index (χ3n) is 3.52. The molecule has 2 aromatic rings. The van der Waals surface area contributed by atoms with E-state index >= 15 is 0 Å². The number of amides is 2. The number of hydrogen-bond donors (Lipinski definition) is 2. The van der Waals surface area contributed by atoms with E-state index in [1.54, 1.807) is 36.4 Å². The second-order valence-electron chi connectivity index (χ2n) is 7.31. The molecular formula is C21H24N2O4. The highest BCUT2D eigenvalue weighted by Crippen LogP contribution is 2.19. The number of rotatable bonds is 6. The lowest BCUT2D eigenvalue weighted by Crippen LogP contribution is -2.24. The molecular weight excluding hydrogens is 344 g/mol. The van der Waals surface area contributed by atoms with Crippen molar-refractivity contribution >= 4 is 29.2 Å². The highest BCUT2D eigenvalue weighted by molar-refractivity contribution is 6.10. The number of anilines is 2. The molecule has 0 fully saturated rings. The molecule has 27 heavy (non-hydrogen) atoms. The van der Waals surface area contributed by atoms with Gasteiger partial charge >= 0.3 is 5.97 Å². The highest BCUT2D eigenvalue weighted by Gasteiger charge is 2.19. The second kappa shape index (κ2) is 8.98. The summed E-state index contributed by atoms with van der Waals surface area (Å²) in [4.78, 5) is 36.3. The Morgan fingerprint density at radius 1 is 0.889 bits per heavy atom. The van der Waals surface area contributed by atoms with Crippen molar-refractivity contribution in [1.29, 1.82) is 0 Å². The molecule has 0 heterocycles. The molecule has 0 atom stereocenters. The first-order valence-corrected chi connectivity index (χ1v) is 8.65. The first-order valence-electron chi connectivity index (χ1n) is 8.65. The van der Waals surface area contributed by atoms with Gasteiger partial charge in [0.05, 0.1) is 17.7 Å². The Bertz CT molecular complexity index is 810. The van der Waals surface area contributed by atoms with Gasteiger partial charge in [-0.1, -0.05) is 51.1 Å². The van der Waals surface area contributed by atoms with Crippen LogP contribution in [0.4, 0.5) is 11.4 Å². The lowest BCUT2D eigenvalue weighted by molar-refractivity contribution is -0.149. The van der Waals surface area contributed by atoms with Gasteiger partial charge in [-0.25, -0.2) is 0 Å². The lowest BCUT2D eigenvalue weighted by atomic mass is 9.92. The van der Waals surface area contributed by atoms with Crippen LogP contribution in [0.1, 0.15) is 37.6 Å². The number of hydrogen-bond acceptors (Lipinski definition) is 4. The van der Waals surface area contributed by atoms with Gasteiger partial charge in [0.15, 0.2) is 6.61 Å². The van der Waals surface area contributed by atoms with E-state index < -0.39 is 18.5 Å². The largest absolute Gasteiger partial charge is 0.456 e. The number of nitrogens with one attached hydrogen (secondary N) is 2. The van der Waals surface area contributed by atoms with Crippen LogP contribution in [0.2, 0.25) is 0 Å². The fourth-order valence-corrected chi connectivity index (χ4v) is 2.33. The Hall–Kier alpha value is -3.15. The van der Waals surface area contributed by atoms with Gasteiger partial charge in [0, 0.05) is 5.69 Å². The monoisotopic (exact) mass is 368 g/mol. The summed E-state index contributed by atoms with van der Waals surface area (Å²) in [5.41, 5.74) is 1.11. The molecule has 0 aliphatic rings. The molecule has 6 heteroatoms. The summed E-state index contributed by atoms with van der Waals surface area (Å²) < 4.78 is 5.00. The molecule has 0 aliphatic carbocycles. The Kier molecular flexibility index (Phi) is 6.71. The molecule has 0 aliphatic heterocycles. The fourth-order valence-electron chi connectivity index (χ4n) is 2.33. The zero-order valence-electron chi connectivity index (χ0n) is 15.7. The van der Waals surface area contributed by atoms with E-state index in [9.17, 15) is 14.4 Å². The highest BCUT2D eigenvalue weighted by atomic mass is 16.5. The van der Waals surface area contributed by atoms with Crippen molar-refractivity contribution < 1.29 is 19.1 Å². The first-order chi connectivity index (χ1) is 12.7. The molecule has 0 saturated heterocycles. The normalized spacial score (nSPS) is 10.8. The zero-order valence-corrected chi connectivity index (χ0v) is 15.7. The third kappa shape index (κ3) is 6.93. The summed E-state index contributed by atoms with van der Waals surface area (Å²) in [6.45, 7) is 5.34. The molecule has 6 nitrogen and oxygen atoms in total. The van der Waals surface area contributed by atoms with Crippen molar-refractivity contribution in [2.24, 2.45) is 5.41 Å². The molecule has 0 saturated carbocycles. The van der Waals surface area contributed by atoms with Gasteiger partial charge in [-0.3, -0.25) is 14.4 Å². The third-order valence-corrected chi connectivity index (χ3v) is 3.52. The summed E-state index contributed by atoms with van der Waals surface area (Å²) in [7, 11) is 0. The van der Waals surface area contributed by atoms with E-state index in [0.29, 0.717) is 16.9 Å². The van der Waals surface area contributed by atoms with E-state index in [-0.39, 0.29) is 17.7 Å². The van der Waals surface area contributed by atoms with E-state index in [2.05, 4.69) is 10.6 Å². The van der Waals surface area contributed by atoms with Crippen LogP contribution < -0.4 is 10.6 Å². The van der Waals surface area contributed by atoms with Crippen molar-refractivity contribution in [2.45, 2.75) is 27.2 Å². The van der Waals surface area contributed by atoms with Crippen LogP contribution in [-0.2, 0) is 14.3 Å². The number of ether oxygens (including phenoxy) is 1. The standard InChI is InChI=1S/C21H24N2O4/c1-21(2,3)13-19(25)27-14-18(24)23-17-12-8-7-11-16(17)20(26)22-15-9-5-4-6-10-15/h4-12H,13-14H2,1-3H3,(H,22,26)(H,23,24). The maximum absolute atomic E-state index is 12.5. The summed E-state index contributed by atoms with van der Waals surface area (Å²) in [5.74, 6) is -1.29. The smallest absolute Gasteiger partial charge is 0.306 e. The SMILES string of the molecule is CC(C)(C)CC(=O)OCC(=O)Nc1ccccc1C(=O)Nc1ccccc1. The molecule has 0 bridgehead atoms. The topological polar surface area (TPSA) is 84.5 Å². The minimum atomic E-state index is -0.503. The molecule has 2 amide bonds. The lowest BCUT2D eigenvalue weighted by Gasteiger charge is -2.16. The number of benzene rings is 2. The van der Waals surface area contributed by atoms with Crippen LogP contribution in [0.3, 0.4) is 0 Å². The Morgan fingerprint density at radius 3 is 2.19 bits per heavy atom. The summed E-state index contributed by atoms with van der Waals surface area (Å²) in [6, 6.07) is 15.7. The van der Waals surface area contributed by atoms with Crippen LogP contribution in [0.5, 0.6) is 0 Å². The van der Waals surface area contributed by atoms with Crippen LogP contribution in [0.25, 0.3) is 0 Å². The Labute approximate surface area is 158 Å². The van der Waals surface area contributed by atoms with Crippen molar-refractivity contribution in [2.75, 3.05) is 17.2 Å². The van der Waals surface area contributed by atoms with Gasteiger partial charge < -0.3 is 15.4 Å². The molecule has 0 aromatic heterocycles.